The number of amides is 2. The van der Waals surface area contributed by atoms with Crippen LogP contribution in [0.5, 0.6) is 5.75 Å². The fourth-order valence-electron chi connectivity index (χ4n) is 2.71. The second kappa shape index (κ2) is 7.35. The molecule has 128 valence electrons. The summed E-state index contributed by atoms with van der Waals surface area (Å²) in [7, 11) is 0. The van der Waals surface area contributed by atoms with E-state index in [2.05, 4.69) is 10.5 Å². The summed E-state index contributed by atoms with van der Waals surface area (Å²) in [5.74, 6) is 0.463. The van der Waals surface area contributed by atoms with Crippen molar-refractivity contribution in [3.63, 3.8) is 0 Å². The summed E-state index contributed by atoms with van der Waals surface area (Å²) in [5, 5.41) is 16.4. The quantitative estimate of drug-likeness (QED) is 0.879. The number of hydrogen-bond acceptors (Lipinski definition) is 5. The lowest BCUT2D eigenvalue weighted by Crippen LogP contribution is -2.39. The van der Waals surface area contributed by atoms with Crippen LogP contribution in [0.2, 0.25) is 0 Å². The van der Waals surface area contributed by atoms with Gasteiger partial charge in [-0.3, -0.25) is 5.32 Å². The molecule has 3 rings (SSSR count). The SMILES string of the molecule is Cc1cc(NC(=O)N(Cc2ccccc2O)C[C@@H]2CCCO2)on1. The van der Waals surface area contributed by atoms with Crippen LogP contribution in [0.3, 0.4) is 0 Å². The van der Waals surface area contributed by atoms with Gasteiger partial charge in [0.25, 0.3) is 0 Å². The molecule has 0 saturated carbocycles. The standard InChI is InChI=1S/C17H21N3O4/c1-12-9-16(24-19-12)18-17(22)20(11-14-6-4-8-23-14)10-13-5-2-3-7-15(13)21/h2-3,5,7,9,14,21H,4,6,8,10-11H2,1H3,(H,18,22)/t14-/m0/s1. The van der Waals surface area contributed by atoms with Gasteiger partial charge in [0.1, 0.15) is 5.75 Å². The number of para-hydroxylation sites is 1. The average Bonchev–Trinajstić information content (AvgIpc) is 3.20. The molecule has 1 aliphatic rings. The number of ether oxygens (including phenoxy) is 1. The van der Waals surface area contributed by atoms with Gasteiger partial charge in [-0.05, 0) is 25.8 Å². The summed E-state index contributed by atoms with van der Waals surface area (Å²) in [5.41, 5.74) is 1.37. The van der Waals surface area contributed by atoms with Crippen LogP contribution >= 0.6 is 0 Å². The highest BCUT2D eigenvalue weighted by Gasteiger charge is 2.24. The second-order valence-electron chi connectivity index (χ2n) is 5.91. The summed E-state index contributed by atoms with van der Waals surface area (Å²) in [6, 6.07) is 8.32. The number of phenols is 1. The summed E-state index contributed by atoms with van der Waals surface area (Å²) in [6.45, 7) is 3.24. The van der Waals surface area contributed by atoms with Crippen LogP contribution in [0.1, 0.15) is 24.1 Å². The maximum atomic E-state index is 12.6. The van der Waals surface area contributed by atoms with Crippen LogP contribution in [0.15, 0.2) is 34.9 Å². The van der Waals surface area contributed by atoms with Crippen molar-refractivity contribution in [1.29, 1.82) is 0 Å². The largest absolute Gasteiger partial charge is 0.508 e. The average molecular weight is 331 g/mol. The lowest BCUT2D eigenvalue weighted by molar-refractivity contribution is 0.0816. The number of aryl methyl sites for hydroxylation is 1. The van der Waals surface area contributed by atoms with E-state index in [4.69, 9.17) is 9.26 Å². The van der Waals surface area contributed by atoms with E-state index in [1.807, 2.05) is 6.07 Å². The molecule has 0 spiro atoms. The van der Waals surface area contributed by atoms with Crippen LogP contribution in [0, 0.1) is 6.92 Å². The van der Waals surface area contributed by atoms with Crippen LogP contribution in [0.4, 0.5) is 10.7 Å². The molecule has 1 aliphatic heterocycles. The Morgan fingerprint density at radius 3 is 2.96 bits per heavy atom. The van der Waals surface area contributed by atoms with Gasteiger partial charge in [-0.1, -0.05) is 23.4 Å². The molecule has 7 heteroatoms. The molecule has 2 amide bonds. The highest BCUT2D eigenvalue weighted by atomic mass is 16.5. The fraction of sp³-hybridized carbons (Fsp3) is 0.412. The summed E-state index contributed by atoms with van der Waals surface area (Å²) >= 11 is 0. The number of anilines is 1. The maximum absolute atomic E-state index is 12.6. The Morgan fingerprint density at radius 1 is 1.46 bits per heavy atom. The number of rotatable bonds is 5. The lowest BCUT2D eigenvalue weighted by atomic mass is 10.1. The maximum Gasteiger partial charge on any atom is 0.324 e. The Kier molecular flexibility index (Phi) is 5.00. The number of benzene rings is 1. The number of aromatic hydroxyl groups is 1. The van der Waals surface area contributed by atoms with Gasteiger partial charge in [0, 0.05) is 24.8 Å². The fourth-order valence-corrected chi connectivity index (χ4v) is 2.71. The predicted molar refractivity (Wildman–Crippen MR) is 87.7 cm³/mol. The Balaban J connectivity index is 1.72. The number of carbonyl (C=O) groups excluding carboxylic acids is 1. The lowest BCUT2D eigenvalue weighted by Gasteiger charge is -2.25. The number of carbonyl (C=O) groups is 1. The number of phenolic OH excluding ortho intramolecular Hbond substituents is 1. The van der Waals surface area contributed by atoms with Crippen molar-refractivity contribution in [2.75, 3.05) is 18.5 Å². The molecule has 1 atom stereocenters. The molecule has 0 unspecified atom stereocenters. The minimum Gasteiger partial charge on any atom is -0.508 e. The zero-order valence-corrected chi connectivity index (χ0v) is 13.6. The molecular weight excluding hydrogens is 310 g/mol. The van der Waals surface area contributed by atoms with Crippen molar-refractivity contribution >= 4 is 11.9 Å². The Bertz CT molecular complexity index is 695. The number of urea groups is 1. The van der Waals surface area contributed by atoms with E-state index in [1.165, 1.54) is 0 Å². The Morgan fingerprint density at radius 2 is 2.29 bits per heavy atom. The molecule has 1 aromatic heterocycles. The third kappa shape index (κ3) is 4.05. The van der Waals surface area contributed by atoms with Gasteiger partial charge >= 0.3 is 6.03 Å². The second-order valence-corrected chi connectivity index (χ2v) is 5.91. The van der Waals surface area contributed by atoms with Gasteiger partial charge in [0.2, 0.25) is 5.88 Å². The first kappa shape index (κ1) is 16.3. The molecule has 7 nitrogen and oxygen atoms in total. The van der Waals surface area contributed by atoms with E-state index in [0.29, 0.717) is 23.7 Å². The molecule has 0 radical (unpaired) electrons. The molecule has 24 heavy (non-hydrogen) atoms. The van der Waals surface area contributed by atoms with Gasteiger partial charge in [0.05, 0.1) is 18.3 Å². The number of nitrogens with one attached hydrogen (secondary N) is 1. The summed E-state index contributed by atoms with van der Waals surface area (Å²) in [6.07, 6.45) is 1.93. The molecule has 1 aromatic carbocycles. The zero-order chi connectivity index (χ0) is 16.9. The van der Waals surface area contributed by atoms with E-state index >= 15 is 0 Å². The Hall–Kier alpha value is -2.54. The first-order chi connectivity index (χ1) is 11.6. The first-order valence-electron chi connectivity index (χ1n) is 7.99. The summed E-state index contributed by atoms with van der Waals surface area (Å²) < 4.78 is 10.7. The van der Waals surface area contributed by atoms with Gasteiger partial charge in [-0.2, -0.15) is 0 Å². The van der Waals surface area contributed by atoms with Gasteiger partial charge < -0.3 is 19.3 Å². The molecular formula is C17H21N3O4. The molecule has 1 saturated heterocycles. The van der Waals surface area contributed by atoms with Crippen molar-refractivity contribution in [3.05, 3.63) is 41.6 Å². The number of hydrogen-bond donors (Lipinski definition) is 2. The number of nitrogens with zero attached hydrogens (tertiary/aromatic N) is 2. The minimum absolute atomic E-state index is 0.0121. The van der Waals surface area contributed by atoms with Gasteiger partial charge in [0.15, 0.2) is 0 Å². The van der Waals surface area contributed by atoms with Gasteiger partial charge in [-0.15, -0.1) is 0 Å². The molecule has 2 heterocycles. The molecule has 2 aromatic rings. The highest BCUT2D eigenvalue weighted by Crippen LogP contribution is 2.21. The van der Waals surface area contributed by atoms with Crippen molar-refractivity contribution in [3.8, 4) is 5.75 Å². The monoisotopic (exact) mass is 331 g/mol. The normalized spacial score (nSPS) is 17.0. The summed E-state index contributed by atoms with van der Waals surface area (Å²) in [4.78, 5) is 14.2. The third-order valence-corrected chi connectivity index (χ3v) is 3.95. The van der Waals surface area contributed by atoms with E-state index in [1.54, 1.807) is 36.1 Å². The van der Waals surface area contributed by atoms with Crippen molar-refractivity contribution in [1.82, 2.24) is 10.1 Å². The van der Waals surface area contributed by atoms with Crippen LogP contribution < -0.4 is 5.32 Å². The predicted octanol–water partition coefficient (Wildman–Crippen LogP) is 2.90. The minimum atomic E-state index is -0.315. The van der Waals surface area contributed by atoms with Crippen molar-refractivity contribution in [2.45, 2.75) is 32.4 Å². The third-order valence-electron chi connectivity index (χ3n) is 3.95. The van der Waals surface area contributed by atoms with E-state index < -0.39 is 0 Å². The van der Waals surface area contributed by atoms with Crippen LogP contribution in [-0.4, -0.2) is 40.4 Å². The number of aromatic nitrogens is 1. The topological polar surface area (TPSA) is 87.8 Å². The van der Waals surface area contributed by atoms with Crippen LogP contribution in [0.25, 0.3) is 0 Å². The van der Waals surface area contributed by atoms with Crippen LogP contribution in [-0.2, 0) is 11.3 Å². The van der Waals surface area contributed by atoms with Gasteiger partial charge in [-0.25, -0.2) is 4.79 Å². The highest BCUT2D eigenvalue weighted by molar-refractivity contribution is 5.87. The van der Waals surface area contributed by atoms with E-state index in [-0.39, 0.29) is 24.4 Å². The van der Waals surface area contributed by atoms with E-state index in [9.17, 15) is 9.90 Å². The van der Waals surface area contributed by atoms with Crippen molar-refractivity contribution in [2.24, 2.45) is 0 Å². The zero-order valence-electron chi connectivity index (χ0n) is 13.6. The Labute approximate surface area is 140 Å². The molecule has 1 fully saturated rings. The molecule has 0 bridgehead atoms. The molecule has 2 N–H and O–H groups in total. The van der Waals surface area contributed by atoms with E-state index in [0.717, 1.165) is 19.4 Å². The van der Waals surface area contributed by atoms with Crippen molar-refractivity contribution < 1.29 is 19.2 Å². The smallest absolute Gasteiger partial charge is 0.324 e. The molecule has 0 aliphatic carbocycles. The first-order valence-corrected chi connectivity index (χ1v) is 7.99.